The molecule has 0 aliphatic rings. The normalized spacial score (nSPS) is 15.2. The maximum atomic E-state index is 12.0. The van der Waals surface area contributed by atoms with E-state index in [1.807, 2.05) is 6.92 Å². The third kappa shape index (κ3) is 10.7. The van der Waals surface area contributed by atoms with Crippen LogP contribution < -0.4 is 0 Å². The summed E-state index contributed by atoms with van der Waals surface area (Å²) in [6, 6.07) is 0. The molecule has 5 heteroatoms. The van der Waals surface area contributed by atoms with Crippen LogP contribution in [0, 0.1) is 0 Å². The summed E-state index contributed by atoms with van der Waals surface area (Å²) in [5.74, 6) is -2.64. The fourth-order valence-electron chi connectivity index (χ4n) is 2.49. The van der Waals surface area contributed by atoms with Gasteiger partial charge in [0, 0.05) is 13.0 Å². The molecule has 2 unspecified atom stereocenters. The Balaban J connectivity index is 4.18. The highest BCUT2D eigenvalue weighted by Crippen LogP contribution is 2.22. The fraction of sp³-hybridized carbons (Fsp3) is 0.944. The largest absolute Gasteiger partial charge is 0.462 e. The zero-order valence-electron chi connectivity index (χ0n) is 15.4. The van der Waals surface area contributed by atoms with Crippen molar-refractivity contribution in [3.05, 3.63) is 0 Å². The first-order valence-electron chi connectivity index (χ1n) is 9.19. The molecule has 5 nitrogen and oxygen atoms in total. The third-order valence-corrected chi connectivity index (χ3v) is 3.73. The minimum Gasteiger partial charge on any atom is -0.462 e. The molecule has 0 aliphatic heterocycles. The Hall–Kier alpha value is -0.650. The predicted octanol–water partition coefficient (Wildman–Crippen LogP) is 4.17. The van der Waals surface area contributed by atoms with E-state index < -0.39 is 18.0 Å². The Morgan fingerprint density at radius 3 is 2.04 bits per heavy atom. The van der Waals surface area contributed by atoms with Crippen molar-refractivity contribution in [3.8, 4) is 0 Å². The summed E-state index contributed by atoms with van der Waals surface area (Å²) in [6.07, 6.45) is 8.70. The lowest BCUT2D eigenvalue weighted by molar-refractivity contribution is -0.286. The summed E-state index contributed by atoms with van der Waals surface area (Å²) in [5, 5.41) is 10.5. The van der Waals surface area contributed by atoms with Crippen LogP contribution in [0.3, 0.4) is 0 Å². The van der Waals surface area contributed by atoms with Crippen molar-refractivity contribution in [3.63, 3.8) is 0 Å². The fourth-order valence-corrected chi connectivity index (χ4v) is 2.49. The van der Waals surface area contributed by atoms with Gasteiger partial charge in [-0.25, -0.2) is 4.79 Å². The first-order chi connectivity index (χ1) is 11.0. The zero-order chi connectivity index (χ0) is 17.6. The number of carbonyl (C=O) groups excluding carboxylic acids is 1. The van der Waals surface area contributed by atoms with E-state index in [0.29, 0.717) is 6.61 Å². The van der Waals surface area contributed by atoms with Crippen LogP contribution in [-0.4, -0.2) is 36.4 Å². The van der Waals surface area contributed by atoms with Gasteiger partial charge in [-0.1, -0.05) is 51.9 Å². The second-order valence-electron chi connectivity index (χ2n) is 5.87. The number of rotatable bonds is 15. The number of unbranched alkanes of at least 4 members (excludes halogenated alkanes) is 7. The van der Waals surface area contributed by atoms with E-state index in [1.54, 1.807) is 13.8 Å². The second kappa shape index (κ2) is 13.8. The average Bonchev–Trinajstić information content (AvgIpc) is 2.50. The molecule has 0 aliphatic carbocycles. The van der Waals surface area contributed by atoms with Gasteiger partial charge in [0.1, 0.15) is 0 Å². The van der Waals surface area contributed by atoms with Crippen LogP contribution in [0.2, 0.25) is 0 Å². The van der Waals surface area contributed by atoms with Crippen molar-refractivity contribution in [2.45, 2.75) is 97.6 Å². The number of hydrogen-bond acceptors (Lipinski definition) is 5. The summed E-state index contributed by atoms with van der Waals surface area (Å²) < 4.78 is 15.6. The summed E-state index contributed by atoms with van der Waals surface area (Å²) in [5.41, 5.74) is 0. The molecular formula is C18H36O5. The molecule has 1 N–H and O–H groups in total. The Labute approximate surface area is 141 Å². The number of aliphatic hydroxyl groups is 1. The standard InChI is InChI=1S/C18H36O5/c1-5-8-9-10-11-12-13-14-15-18(20,17(19)22-7-3)23-16(4)21-6-2/h16,20H,5-15H2,1-4H3. The summed E-state index contributed by atoms with van der Waals surface area (Å²) in [4.78, 5) is 12.0. The number of esters is 1. The highest BCUT2D eigenvalue weighted by molar-refractivity contribution is 5.77. The highest BCUT2D eigenvalue weighted by Gasteiger charge is 2.40. The van der Waals surface area contributed by atoms with E-state index in [2.05, 4.69) is 6.92 Å². The van der Waals surface area contributed by atoms with Gasteiger partial charge in [0.2, 0.25) is 0 Å². The third-order valence-electron chi connectivity index (χ3n) is 3.73. The molecule has 0 aromatic rings. The van der Waals surface area contributed by atoms with Gasteiger partial charge in [-0.15, -0.1) is 0 Å². The molecule has 0 radical (unpaired) electrons. The van der Waals surface area contributed by atoms with Crippen LogP contribution in [-0.2, 0) is 19.0 Å². The van der Waals surface area contributed by atoms with Crippen molar-refractivity contribution in [1.29, 1.82) is 0 Å². The Morgan fingerprint density at radius 2 is 1.52 bits per heavy atom. The van der Waals surface area contributed by atoms with E-state index in [4.69, 9.17) is 14.2 Å². The van der Waals surface area contributed by atoms with Crippen molar-refractivity contribution in [2.24, 2.45) is 0 Å². The molecule has 138 valence electrons. The SMILES string of the molecule is CCCCCCCCCCC(O)(OC(C)OCC)C(=O)OCC. The van der Waals surface area contributed by atoms with Crippen molar-refractivity contribution >= 4 is 5.97 Å². The highest BCUT2D eigenvalue weighted by atomic mass is 16.8. The molecule has 0 rings (SSSR count). The van der Waals surface area contributed by atoms with Gasteiger partial charge in [-0.2, -0.15) is 0 Å². The van der Waals surface area contributed by atoms with Crippen molar-refractivity contribution in [1.82, 2.24) is 0 Å². The van der Waals surface area contributed by atoms with Crippen LogP contribution in [0.4, 0.5) is 0 Å². The lowest BCUT2D eigenvalue weighted by Gasteiger charge is -2.28. The van der Waals surface area contributed by atoms with E-state index in [9.17, 15) is 9.90 Å². The summed E-state index contributed by atoms with van der Waals surface area (Å²) >= 11 is 0. The molecule has 0 amide bonds. The molecule has 0 bridgehead atoms. The quantitative estimate of drug-likeness (QED) is 0.277. The Bertz CT molecular complexity index is 295. The van der Waals surface area contributed by atoms with Gasteiger partial charge in [0.05, 0.1) is 6.61 Å². The maximum Gasteiger partial charge on any atom is 0.366 e. The van der Waals surface area contributed by atoms with Crippen LogP contribution in [0.25, 0.3) is 0 Å². The van der Waals surface area contributed by atoms with E-state index in [-0.39, 0.29) is 13.0 Å². The van der Waals surface area contributed by atoms with Gasteiger partial charge >= 0.3 is 5.97 Å². The van der Waals surface area contributed by atoms with E-state index >= 15 is 0 Å². The molecule has 23 heavy (non-hydrogen) atoms. The molecule has 0 heterocycles. The number of ether oxygens (including phenoxy) is 3. The van der Waals surface area contributed by atoms with Crippen LogP contribution in [0.1, 0.15) is 85.5 Å². The molecule has 2 atom stereocenters. The minimum absolute atomic E-state index is 0.213. The average molecular weight is 332 g/mol. The second-order valence-corrected chi connectivity index (χ2v) is 5.87. The van der Waals surface area contributed by atoms with Gasteiger partial charge in [0.15, 0.2) is 6.29 Å². The first-order valence-corrected chi connectivity index (χ1v) is 9.19. The van der Waals surface area contributed by atoms with E-state index in [0.717, 1.165) is 19.3 Å². The number of hydrogen-bond donors (Lipinski definition) is 1. The molecule has 0 saturated carbocycles. The number of carbonyl (C=O) groups is 1. The lowest BCUT2D eigenvalue weighted by atomic mass is 10.0. The topological polar surface area (TPSA) is 65.0 Å². The molecule has 0 aromatic carbocycles. The molecule has 0 aromatic heterocycles. The first kappa shape index (κ1) is 22.4. The maximum absolute atomic E-state index is 12.0. The van der Waals surface area contributed by atoms with Crippen molar-refractivity contribution < 1.29 is 24.1 Å². The zero-order valence-corrected chi connectivity index (χ0v) is 15.4. The van der Waals surface area contributed by atoms with Crippen LogP contribution >= 0.6 is 0 Å². The van der Waals surface area contributed by atoms with E-state index in [1.165, 1.54) is 32.1 Å². The molecule has 0 fully saturated rings. The lowest BCUT2D eigenvalue weighted by Crippen LogP contribution is -2.45. The van der Waals surface area contributed by atoms with Gasteiger partial charge in [0.25, 0.3) is 5.79 Å². The molecule has 0 saturated heterocycles. The predicted molar refractivity (Wildman–Crippen MR) is 91.0 cm³/mol. The smallest absolute Gasteiger partial charge is 0.366 e. The monoisotopic (exact) mass is 332 g/mol. The summed E-state index contributed by atoms with van der Waals surface area (Å²) in [7, 11) is 0. The van der Waals surface area contributed by atoms with Crippen LogP contribution in [0.15, 0.2) is 0 Å². The Morgan fingerprint density at radius 1 is 0.957 bits per heavy atom. The molecule has 0 spiro atoms. The molecular weight excluding hydrogens is 296 g/mol. The minimum atomic E-state index is -1.91. The van der Waals surface area contributed by atoms with Gasteiger partial charge in [-0.05, 0) is 27.2 Å². The summed E-state index contributed by atoms with van der Waals surface area (Å²) in [6.45, 7) is 8.09. The van der Waals surface area contributed by atoms with Gasteiger partial charge < -0.3 is 19.3 Å². The van der Waals surface area contributed by atoms with Crippen molar-refractivity contribution in [2.75, 3.05) is 13.2 Å². The van der Waals surface area contributed by atoms with Crippen LogP contribution in [0.5, 0.6) is 0 Å². The Kier molecular flexibility index (Phi) is 13.4. The van der Waals surface area contributed by atoms with Gasteiger partial charge in [-0.3, -0.25) is 0 Å².